The average Bonchev–Trinajstić information content (AvgIpc) is 2.84. The number of nitrogens with one attached hydrogen (secondary N) is 1. The smallest absolute Gasteiger partial charge is 0.350 e. The first kappa shape index (κ1) is 16.7. The van der Waals surface area contributed by atoms with Gasteiger partial charge in [0, 0.05) is 6.42 Å². The van der Waals surface area contributed by atoms with Crippen molar-refractivity contribution >= 4 is 28.9 Å². The fourth-order valence-corrected chi connectivity index (χ4v) is 2.82. The van der Waals surface area contributed by atoms with Crippen molar-refractivity contribution in [1.82, 2.24) is 0 Å². The molecule has 0 fully saturated rings. The molecule has 0 saturated heterocycles. The van der Waals surface area contributed by atoms with Crippen LogP contribution in [0, 0.1) is 11.8 Å². The molecule has 5 nitrogen and oxygen atoms in total. The Labute approximate surface area is 123 Å². The lowest BCUT2D eigenvalue weighted by Crippen LogP contribution is -2.23. The fraction of sp³-hybridized carbons (Fsp3) is 0.571. The van der Waals surface area contributed by atoms with Crippen molar-refractivity contribution in [2.75, 3.05) is 19.0 Å². The number of carbonyl (C=O) groups is 2. The third-order valence-corrected chi connectivity index (χ3v) is 3.82. The second kappa shape index (κ2) is 8.01. The van der Waals surface area contributed by atoms with E-state index in [2.05, 4.69) is 23.9 Å². The summed E-state index contributed by atoms with van der Waals surface area (Å²) in [4.78, 5) is 23.9. The van der Waals surface area contributed by atoms with Crippen molar-refractivity contribution in [3.63, 3.8) is 0 Å². The highest BCUT2D eigenvalue weighted by molar-refractivity contribution is 7.12. The van der Waals surface area contributed by atoms with Gasteiger partial charge in [-0.05, 0) is 36.2 Å². The second-order valence-electron chi connectivity index (χ2n) is 5.14. The Balaban J connectivity index is 2.62. The molecule has 1 amide bonds. The van der Waals surface area contributed by atoms with Gasteiger partial charge in [0.2, 0.25) is 5.91 Å². The van der Waals surface area contributed by atoms with Gasteiger partial charge >= 0.3 is 5.97 Å². The van der Waals surface area contributed by atoms with Gasteiger partial charge < -0.3 is 15.8 Å². The molecule has 0 radical (unpaired) electrons. The third-order valence-electron chi connectivity index (χ3n) is 2.92. The number of esters is 1. The molecule has 1 aromatic rings. The Kier molecular flexibility index (Phi) is 6.67. The number of ether oxygens (including phenoxy) is 1. The monoisotopic (exact) mass is 298 g/mol. The third kappa shape index (κ3) is 4.94. The molecule has 1 heterocycles. The molecule has 3 N–H and O–H groups in total. The van der Waals surface area contributed by atoms with E-state index in [0.29, 0.717) is 29.4 Å². The molecule has 1 rings (SSSR count). The number of nitrogens with two attached hydrogens (primary N) is 1. The Hall–Kier alpha value is -1.40. The summed E-state index contributed by atoms with van der Waals surface area (Å²) in [6, 6.07) is 1.70. The number of thiophene rings is 1. The predicted octanol–water partition coefficient (Wildman–Crippen LogP) is 2.48. The molecular formula is C14H22N2O3S. The lowest BCUT2D eigenvalue weighted by atomic mass is 9.94. The van der Waals surface area contributed by atoms with E-state index >= 15 is 0 Å². The Morgan fingerprint density at radius 2 is 2.15 bits per heavy atom. The molecule has 0 aliphatic carbocycles. The number of hydrogen-bond acceptors (Lipinski definition) is 5. The van der Waals surface area contributed by atoms with Crippen molar-refractivity contribution in [3.8, 4) is 0 Å². The quantitative estimate of drug-likeness (QED) is 0.758. The summed E-state index contributed by atoms with van der Waals surface area (Å²) in [6.45, 7) is 4.70. The first-order valence-electron chi connectivity index (χ1n) is 6.63. The van der Waals surface area contributed by atoms with Gasteiger partial charge in [0.05, 0.1) is 12.8 Å². The first-order valence-corrected chi connectivity index (χ1v) is 7.51. The molecule has 0 aromatic carbocycles. The first-order chi connectivity index (χ1) is 9.47. The molecule has 0 spiro atoms. The number of anilines is 1. The lowest BCUT2D eigenvalue weighted by Gasteiger charge is -2.16. The van der Waals surface area contributed by atoms with E-state index in [4.69, 9.17) is 5.73 Å². The van der Waals surface area contributed by atoms with E-state index in [1.807, 2.05) is 0 Å². The number of carbonyl (C=O) groups excluding carboxylic acids is 2. The summed E-state index contributed by atoms with van der Waals surface area (Å²) in [5.41, 5.74) is 6.20. The molecule has 1 aromatic heterocycles. The van der Waals surface area contributed by atoms with Crippen LogP contribution >= 0.6 is 11.3 Å². The number of hydrogen-bond donors (Lipinski definition) is 2. The van der Waals surface area contributed by atoms with Crippen LogP contribution in [-0.4, -0.2) is 25.5 Å². The van der Waals surface area contributed by atoms with Gasteiger partial charge in [-0.3, -0.25) is 4.79 Å². The summed E-state index contributed by atoms with van der Waals surface area (Å²) in [7, 11) is 1.32. The zero-order valence-corrected chi connectivity index (χ0v) is 13.0. The molecule has 1 atom stereocenters. The molecule has 0 unspecified atom stereocenters. The summed E-state index contributed by atoms with van der Waals surface area (Å²) < 4.78 is 4.67. The summed E-state index contributed by atoms with van der Waals surface area (Å²) >= 11 is 1.25. The topological polar surface area (TPSA) is 81.4 Å². The molecular weight excluding hydrogens is 276 g/mol. The van der Waals surface area contributed by atoms with Crippen molar-refractivity contribution in [2.45, 2.75) is 26.7 Å². The van der Waals surface area contributed by atoms with Crippen LogP contribution in [0.2, 0.25) is 0 Å². The van der Waals surface area contributed by atoms with Gasteiger partial charge in [-0.15, -0.1) is 11.3 Å². The van der Waals surface area contributed by atoms with Crippen molar-refractivity contribution < 1.29 is 14.3 Å². The van der Waals surface area contributed by atoms with Gasteiger partial charge in [-0.2, -0.15) is 0 Å². The van der Waals surface area contributed by atoms with Crippen LogP contribution in [0.4, 0.5) is 5.69 Å². The second-order valence-corrected chi connectivity index (χ2v) is 6.05. The lowest BCUT2D eigenvalue weighted by molar-refractivity contribution is -0.117. The van der Waals surface area contributed by atoms with Crippen molar-refractivity contribution in [3.05, 3.63) is 16.3 Å². The molecule has 0 aliphatic heterocycles. The molecule has 0 saturated carbocycles. The fourth-order valence-electron chi connectivity index (χ4n) is 2.05. The summed E-state index contributed by atoms with van der Waals surface area (Å²) in [5.74, 6) is 0.107. The normalized spacial score (nSPS) is 12.2. The zero-order chi connectivity index (χ0) is 15.1. The maximum atomic E-state index is 12.0. The van der Waals surface area contributed by atoms with Crippen LogP contribution in [0.15, 0.2) is 11.4 Å². The zero-order valence-electron chi connectivity index (χ0n) is 12.1. The molecule has 0 bridgehead atoms. The SMILES string of the molecule is COC(=O)c1sccc1NC(=O)C[C@@H](CN)CC(C)C. The maximum absolute atomic E-state index is 12.0. The van der Waals surface area contributed by atoms with Gasteiger partial charge in [-0.1, -0.05) is 13.8 Å². The highest BCUT2D eigenvalue weighted by Crippen LogP contribution is 2.24. The minimum absolute atomic E-state index is 0.121. The van der Waals surface area contributed by atoms with Gasteiger partial charge in [-0.25, -0.2) is 4.79 Å². The maximum Gasteiger partial charge on any atom is 0.350 e. The van der Waals surface area contributed by atoms with Gasteiger partial charge in [0.15, 0.2) is 0 Å². The van der Waals surface area contributed by atoms with Crippen LogP contribution in [-0.2, 0) is 9.53 Å². The molecule has 20 heavy (non-hydrogen) atoms. The van der Waals surface area contributed by atoms with Crippen molar-refractivity contribution in [2.24, 2.45) is 17.6 Å². The number of methoxy groups -OCH3 is 1. The van der Waals surface area contributed by atoms with Crippen LogP contribution in [0.25, 0.3) is 0 Å². The Bertz CT molecular complexity index is 457. The van der Waals surface area contributed by atoms with Crippen LogP contribution < -0.4 is 11.1 Å². The van der Waals surface area contributed by atoms with E-state index in [1.54, 1.807) is 11.4 Å². The minimum atomic E-state index is -0.437. The molecule has 6 heteroatoms. The Morgan fingerprint density at radius 1 is 1.45 bits per heavy atom. The van der Waals surface area contributed by atoms with E-state index in [1.165, 1.54) is 18.4 Å². The van der Waals surface area contributed by atoms with Crippen molar-refractivity contribution in [1.29, 1.82) is 0 Å². The molecule has 112 valence electrons. The van der Waals surface area contributed by atoms with E-state index in [0.717, 1.165) is 6.42 Å². The van der Waals surface area contributed by atoms with E-state index in [-0.39, 0.29) is 11.8 Å². The van der Waals surface area contributed by atoms with E-state index in [9.17, 15) is 9.59 Å². The summed E-state index contributed by atoms with van der Waals surface area (Å²) in [6.07, 6.45) is 1.28. The largest absolute Gasteiger partial charge is 0.465 e. The van der Waals surface area contributed by atoms with Gasteiger partial charge in [0.25, 0.3) is 0 Å². The van der Waals surface area contributed by atoms with Crippen LogP contribution in [0.1, 0.15) is 36.4 Å². The minimum Gasteiger partial charge on any atom is -0.465 e. The Morgan fingerprint density at radius 3 is 2.70 bits per heavy atom. The predicted molar refractivity (Wildman–Crippen MR) is 80.9 cm³/mol. The van der Waals surface area contributed by atoms with E-state index < -0.39 is 5.97 Å². The standard InChI is InChI=1S/C14H22N2O3S/c1-9(2)6-10(8-15)7-12(17)16-11-4-5-20-13(11)14(18)19-3/h4-5,9-10H,6-8,15H2,1-3H3,(H,16,17)/t10-/m0/s1. The molecule has 0 aliphatic rings. The summed E-state index contributed by atoms with van der Waals surface area (Å²) in [5, 5.41) is 4.51. The highest BCUT2D eigenvalue weighted by Gasteiger charge is 2.18. The van der Waals surface area contributed by atoms with Gasteiger partial charge in [0.1, 0.15) is 4.88 Å². The van der Waals surface area contributed by atoms with Crippen LogP contribution in [0.3, 0.4) is 0 Å². The number of rotatable bonds is 7. The highest BCUT2D eigenvalue weighted by atomic mass is 32.1. The van der Waals surface area contributed by atoms with Crippen LogP contribution in [0.5, 0.6) is 0 Å². The number of amides is 1. The average molecular weight is 298 g/mol.